The van der Waals surface area contributed by atoms with Gasteiger partial charge in [-0.05, 0) is 29.5 Å². The maximum Gasteiger partial charge on any atom is 0.416 e. The summed E-state index contributed by atoms with van der Waals surface area (Å²) in [4.78, 5) is 34.3. The Bertz CT molecular complexity index is 1240. The number of halogens is 3. The lowest BCUT2D eigenvalue weighted by atomic mass is 9.70. The zero-order valence-electron chi connectivity index (χ0n) is 21.2. The summed E-state index contributed by atoms with van der Waals surface area (Å²) >= 11 is 1.27. The summed E-state index contributed by atoms with van der Waals surface area (Å²) < 4.78 is 38.6. The Labute approximate surface area is 223 Å². The Morgan fingerprint density at radius 3 is 2.34 bits per heavy atom. The third kappa shape index (κ3) is 4.98. The minimum Gasteiger partial charge on any atom is -0.401 e. The summed E-state index contributed by atoms with van der Waals surface area (Å²) in [5.74, 6) is 6.01. The van der Waals surface area contributed by atoms with Gasteiger partial charge >= 0.3 is 6.18 Å². The van der Waals surface area contributed by atoms with Gasteiger partial charge in [0.25, 0.3) is 5.91 Å². The van der Waals surface area contributed by atoms with Crippen molar-refractivity contribution in [3.63, 3.8) is 0 Å². The molecule has 2 aromatic rings. The summed E-state index contributed by atoms with van der Waals surface area (Å²) in [6.45, 7) is 6.19. The van der Waals surface area contributed by atoms with Crippen LogP contribution in [0, 0.1) is 22.7 Å². The fourth-order valence-corrected chi connectivity index (χ4v) is 6.28. The number of carbonyl (C=O) groups is 2. The standard InChI is InChI=1S/C26H31F3N6O2S/c1-24(2)7-18(24)22(36)34-13-25(14-34)12-33(23(37)21-8-32-15-38-21)10-19(25)20(30)11-35(31)9-16-3-5-17(6-4-16)26(27,28)29/h3-6,8,11,15,18-19H,7,9-10,12-14,30-31H2,1-2H3/b20-11-. The Hall–Kier alpha value is -3.12. The van der Waals surface area contributed by atoms with E-state index in [-0.39, 0.29) is 41.0 Å². The van der Waals surface area contributed by atoms with Gasteiger partial charge in [-0.2, -0.15) is 13.2 Å². The molecule has 0 bridgehead atoms. The van der Waals surface area contributed by atoms with Gasteiger partial charge in [0.05, 0.1) is 23.8 Å². The monoisotopic (exact) mass is 548 g/mol. The van der Waals surface area contributed by atoms with Gasteiger partial charge < -0.3 is 20.5 Å². The summed E-state index contributed by atoms with van der Waals surface area (Å²) in [5, 5.41) is 1.34. The molecule has 1 aromatic carbocycles. The van der Waals surface area contributed by atoms with Crippen molar-refractivity contribution in [3.8, 4) is 0 Å². The molecule has 1 aromatic heterocycles. The van der Waals surface area contributed by atoms with Crippen molar-refractivity contribution in [2.24, 2.45) is 34.2 Å². The van der Waals surface area contributed by atoms with Crippen molar-refractivity contribution in [1.82, 2.24) is 19.8 Å². The van der Waals surface area contributed by atoms with Crippen LogP contribution in [0.2, 0.25) is 0 Å². The first-order valence-electron chi connectivity index (χ1n) is 12.4. The number of likely N-dealkylation sites (tertiary alicyclic amines) is 2. The third-order valence-electron chi connectivity index (χ3n) is 8.08. The number of amides is 2. The second-order valence-corrected chi connectivity index (χ2v) is 12.3. The lowest BCUT2D eigenvalue weighted by Gasteiger charge is -2.51. The van der Waals surface area contributed by atoms with Gasteiger partial charge in [-0.25, -0.2) is 5.84 Å². The number of nitrogens with two attached hydrogens (primary N) is 2. The maximum absolute atomic E-state index is 13.1. The number of carbonyl (C=O) groups excluding carboxylic acids is 2. The summed E-state index contributed by atoms with van der Waals surface area (Å²) in [7, 11) is 0. The van der Waals surface area contributed by atoms with E-state index in [1.54, 1.807) is 22.8 Å². The molecule has 3 heterocycles. The molecule has 2 amide bonds. The zero-order chi connectivity index (χ0) is 27.5. The molecule has 3 fully saturated rings. The van der Waals surface area contributed by atoms with Crippen molar-refractivity contribution in [3.05, 3.63) is 63.9 Å². The molecule has 2 atom stereocenters. The molecule has 12 heteroatoms. The molecule has 1 spiro atoms. The van der Waals surface area contributed by atoms with Gasteiger partial charge in [0.1, 0.15) is 4.88 Å². The molecule has 8 nitrogen and oxygen atoms in total. The van der Waals surface area contributed by atoms with Crippen molar-refractivity contribution >= 4 is 23.2 Å². The molecule has 1 saturated carbocycles. The van der Waals surface area contributed by atoms with E-state index in [1.165, 1.54) is 28.5 Å². The van der Waals surface area contributed by atoms with E-state index in [1.807, 2.05) is 4.90 Å². The van der Waals surface area contributed by atoms with E-state index in [2.05, 4.69) is 18.8 Å². The molecule has 38 heavy (non-hydrogen) atoms. The fourth-order valence-electron chi connectivity index (χ4n) is 5.70. The number of aromatic nitrogens is 1. The largest absolute Gasteiger partial charge is 0.416 e. The molecule has 204 valence electrons. The highest BCUT2D eigenvalue weighted by atomic mass is 32.1. The molecule has 3 aliphatic rings. The predicted octanol–water partition coefficient (Wildman–Crippen LogP) is 3.28. The highest BCUT2D eigenvalue weighted by Crippen LogP contribution is 2.55. The van der Waals surface area contributed by atoms with Crippen LogP contribution in [0.3, 0.4) is 0 Å². The zero-order valence-corrected chi connectivity index (χ0v) is 22.1. The number of rotatable bonds is 6. The van der Waals surface area contributed by atoms with Gasteiger partial charge in [0, 0.05) is 55.3 Å². The minimum atomic E-state index is -4.40. The van der Waals surface area contributed by atoms with Gasteiger partial charge in [-0.1, -0.05) is 26.0 Å². The van der Waals surface area contributed by atoms with Crippen molar-refractivity contribution in [2.45, 2.75) is 33.0 Å². The number of hydrogen-bond donors (Lipinski definition) is 2. The van der Waals surface area contributed by atoms with E-state index < -0.39 is 11.7 Å². The second kappa shape index (κ2) is 9.26. The van der Waals surface area contributed by atoms with E-state index in [4.69, 9.17) is 11.6 Å². The van der Waals surface area contributed by atoms with Crippen LogP contribution >= 0.6 is 11.3 Å². The number of benzene rings is 1. The minimum absolute atomic E-state index is 0.0281. The SMILES string of the molecule is CC1(C)CC1C(=O)N1CC2(CN(C(=O)c3cncs3)CC2/C(N)=C/N(N)Cc2ccc(C(F)(F)F)cc2)C1. The van der Waals surface area contributed by atoms with E-state index in [0.29, 0.717) is 42.3 Å². The molecular weight excluding hydrogens is 517 g/mol. The molecule has 5 rings (SSSR count). The van der Waals surface area contributed by atoms with Crippen LogP contribution in [0.5, 0.6) is 0 Å². The molecule has 1 aliphatic carbocycles. The smallest absolute Gasteiger partial charge is 0.401 e. The average molecular weight is 549 g/mol. The lowest BCUT2D eigenvalue weighted by molar-refractivity contribution is -0.146. The molecule has 2 saturated heterocycles. The van der Waals surface area contributed by atoms with E-state index in [0.717, 1.165) is 18.6 Å². The van der Waals surface area contributed by atoms with Crippen LogP contribution in [0.15, 0.2) is 47.9 Å². The van der Waals surface area contributed by atoms with Gasteiger partial charge in [0.15, 0.2) is 0 Å². The fraction of sp³-hybridized carbons (Fsp3) is 0.500. The van der Waals surface area contributed by atoms with E-state index in [9.17, 15) is 22.8 Å². The highest BCUT2D eigenvalue weighted by molar-refractivity contribution is 7.11. The van der Waals surface area contributed by atoms with E-state index >= 15 is 0 Å². The van der Waals surface area contributed by atoms with Gasteiger partial charge in [-0.15, -0.1) is 11.3 Å². The maximum atomic E-state index is 13.1. The van der Waals surface area contributed by atoms with Crippen molar-refractivity contribution < 1.29 is 22.8 Å². The van der Waals surface area contributed by atoms with Gasteiger partial charge in [-0.3, -0.25) is 14.6 Å². The van der Waals surface area contributed by atoms with Crippen molar-refractivity contribution in [1.29, 1.82) is 0 Å². The second-order valence-electron chi connectivity index (χ2n) is 11.4. The predicted molar refractivity (Wildman–Crippen MR) is 136 cm³/mol. The van der Waals surface area contributed by atoms with Crippen LogP contribution in [0.1, 0.15) is 41.1 Å². The first kappa shape index (κ1) is 26.5. The third-order valence-corrected chi connectivity index (χ3v) is 8.84. The average Bonchev–Trinajstić information content (AvgIpc) is 3.21. The lowest BCUT2D eigenvalue weighted by Crippen LogP contribution is -2.63. The molecular formula is C26H31F3N6O2S. The Balaban J connectivity index is 1.31. The molecule has 0 radical (unpaired) electrons. The number of alkyl halides is 3. The normalized spacial score (nSPS) is 23.9. The Kier molecular flexibility index (Phi) is 6.46. The molecule has 2 unspecified atom stereocenters. The summed E-state index contributed by atoms with van der Waals surface area (Å²) in [6.07, 6.45) is -0.399. The highest BCUT2D eigenvalue weighted by Gasteiger charge is 2.60. The molecule has 4 N–H and O–H groups in total. The number of nitrogens with zero attached hydrogens (tertiary/aromatic N) is 4. The topological polar surface area (TPSA) is 109 Å². The first-order valence-corrected chi connectivity index (χ1v) is 13.3. The summed E-state index contributed by atoms with van der Waals surface area (Å²) in [6, 6.07) is 4.81. The Morgan fingerprint density at radius 1 is 1.16 bits per heavy atom. The van der Waals surface area contributed by atoms with Crippen LogP contribution in [0.4, 0.5) is 13.2 Å². The van der Waals surface area contributed by atoms with Gasteiger partial charge in [0.2, 0.25) is 5.91 Å². The van der Waals surface area contributed by atoms with Crippen LogP contribution < -0.4 is 11.6 Å². The quantitative estimate of drug-likeness (QED) is 0.424. The number of hydrazine groups is 1. The van der Waals surface area contributed by atoms with Crippen molar-refractivity contribution in [2.75, 3.05) is 26.2 Å². The summed E-state index contributed by atoms with van der Waals surface area (Å²) in [5.41, 5.74) is 8.15. The molecule has 2 aliphatic heterocycles. The number of hydrogen-bond acceptors (Lipinski definition) is 7. The van der Waals surface area contributed by atoms with Crippen LogP contribution in [0.25, 0.3) is 0 Å². The van der Waals surface area contributed by atoms with Crippen LogP contribution in [-0.2, 0) is 17.5 Å². The van der Waals surface area contributed by atoms with Crippen LogP contribution in [-0.4, -0.2) is 57.8 Å². The first-order chi connectivity index (χ1) is 17.8. The number of thiazole rings is 1. The Morgan fingerprint density at radius 2 is 1.79 bits per heavy atom.